The van der Waals surface area contributed by atoms with Gasteiger partial charge in [-0.15, -0.1) is 0 Å². The molecule has 0 aliphatic carbocycles. The molecular weight excluding hydrogens is 245 g/mol. The second-order valence-corrected chi connectivity index (χ2v) is 3.85. The van der Waals surface area contributed by atoms with Crippen molar-refractivity contribution in [3.8, 4) is 0 Å². The minimum absolute atomic E-state index is 0.359. The summed E-state index contributed by atoms with van der Waals surface area (Å²) in [6.45, 7) is 1.63. The number of hydrogen-bond acceptors (Lipinski definition) is 3. The van der Waals surface area contributed by atoms with Gasteiger partial charge in [0.2, 0.25) is 0 Å². The number of nitrogens with one attached hydrogen (secondary N) is 1. The van der Waals surface area contributed by atoms with Crippen LogP contribution in [0.2, 0.25) is 0 Å². The Morgan fingerprint density at radius 3 is 2.58 bits per heavy atom. The Hall–Kier alpha value is -2.56. The highest BCUT2D eigenvalue weighted by molar-refractivity contribution is 6.00. The first-order valence-electron chi connectivity index (χ1n) is 5.68. The normalized spacial score (nSPS) is 11.2. The Labute approximate surface area is 110 Å². The van der Waals surface area contributed by atoms with E-state index in [0.717, 1.165) is 0 Å². The Morgan fingerprint density at radius 1 is 1.21 bits per heavy atom. The quantitative estimate of drug-likeness (QED) is 0.678. The van der Waals surface area contributed by atoms with Crippen molar-refractivity contribution in [2.75, 3.05) is 0 Å². The van der Waals surface area contributed by atoms with Gasteiger partial charge in [0.1, 0.15) is 5.82 Å². The first-order valence-corrected chi connectivity index (χ1v) is 5.68. The molecule has 1 aromatic carbocycles. The number of benzene rings is 1. The monoisotopic (exact) mass is 257 g/mol. The van der Waals surface area contributed by atoms with Crippen LogP contribution in [0.1, 0.15) is 22.8 Å². The van der Waals surface area contributed by atoms with E-state index in [1.807, 2.05) is 0 Å². The van der Waals surface area contributed by atoms with E-state index in [1.54, 1.807) is 37.3 Å². The van der Waals surface area contributed by atoms with Crippen LogP contribution in [0.3, 0.4) is 0 Å². The van der Waals surface area contributed by atoms with Crippen LogP contribution in [0.15, 0.2) is 53.9 Å². The number of aromatic nitrogens is 1. The molecule has 2 rings (SSSR count). The van der Waals surface area contributed by atoms with Crippen molar-refractivity contribution < 1.29 is 9.18 Å². The summed E-state index contributed by atoms with van der Waals surface area (Å²) in [4.78, 5) is 15.5. The third-order valence-corrected chi connectivity index (χ3v) is 2.53. The number of halogens is 1. The lowest BCUT2D eigenvalue weighted by Crippen LogP contribution is -2.19. The molecule has 5 heteroatoms. The Balaban J connectivity index is 2.11. The van der Waals surface area contributed by atoms with E-state index in [-0.39, 0.29) is 11.7 Å². The van der Waals surface area contributed by atoms with Gasteiger partial charge in [0, 0.05) is 23.5 Å². The van der Waals surface area contributed by atoms with Gasteiger partial charge in [0.05, 0.1) is 5.71 Å². The van der Waals surface area contributed by atoms with Gasteiger partial charge in [-0.3, -0.25) is 9.78 Å². The molecule has 0 saturated heterocycles. The minimum Gasteiger partial charge on any atom is -0.267 e. The fraction of sp³-hybridized carbons (Fsp3) is 0.0714. The van der Waals surface area contributed by atoms with Crippen molar-refractivity contribution in [1.82, 2.24) is 10.4 Å². The Morgan fingerprint density at radius 2 is 1.89 bits per heavy atom. The maximum absolute atomic E-state index is 13.5. The zero-order valence-corrected chi connectivity index (χ0v) is 10.3. The molecule has 0 atom stereocenters. The highest BCUT2D eigenvalue weighted by Crippen LogP contribution is 2.07. The summed E-state index contributed by atoms with van der Waals surface area (Å²) < 4.78 is 13.5. The average Bonchev–Trinajstić information content (AvgIpc) is 2.46. The van der Waals surface area contributed by atoms with Gasteiger partial charge in [-0.1, -0.05) is 18.2 Å². The Kier molecular flexibility index (Phi) is 3.97. The van der Waals surface area contributed by atoms with Crippen molar-refractivity contribution in [3.05, 3.63) is 65.7 Å². The van der Waals surface area contributed by atoms with Gasteiger partial charge >= 0.3 is 0 Å². The third kappa shape index (κ3) is 3.22. The maximum Gasteiger partial charge on any atom is 0.271 e. The summed E-state index contributed by atoms with van der Waals surface area (Å²) in [5.41, 5.74) is 3.59. The lowest BCUT2D eigenvalue weighted by atomic mass is 10.1. The zero-order valence-electron chi connectivity index (χ0n) is 10.3. The van der Waals surface area contributed by atoms with Gasteiger partial charge in [-0.2, -0.15) is 5.10 Å². The molecule has 1 heterocycles. The SMILES string of the molecule is C/C(=N/NC(=O)c1ccncc1)c1ccccc1F. The number of pyridine rings is 1. The molecule has 0 saturated carbocycles. The highest BCUT2D eigenvalue weighted by Gasteiger charge is 2.06. The molecule has 1 amide bonds. The number of hydrogen-bond donors (Lipinski definition) is 1. The number of rotatable bonds is 3. The summed E-state index contributed by atoms with van der Waals surface area (Å²) in [6, 6.07) is 9.40. The molecule has 0 bridgehead atoms. The molecule has 19 heavy (non-hydrogen) atoms. The molecule has 1 N–H and O–H groups in total. The number of amides is 1. The average molecular weight is 257 g/mol. The van der Waals surface area contributed by atoms with Crippen LogP contribution in [0.5, 0.6) is 0 Å². The van der Waals surface area contributed by atoms with Crippen LogP contribution in [0.25, 0.3) is 0 Å². The largest absolute Gasteiger partial charge is 0.271 e. The van der Waals surface area contributed by atoms with E-state index in [9.17, 15) is 9.18 Å². The molecular formula is C14H12FN3O. The summed E-state index contributed by atoms with van der Waals surface area (Å²) in [5, 5.41) is 3.89. The molecule has 0 aliphatic rings. The van der Waals surface area contributed by atoms with E-state index in [4.69, 9.17) is 0 Å². The molecule has 4 nitrogen and oxygen atoms in total. The fourth-order valence-electron chi connectivity index (χ4n) is 1.52. The van der Waals surface area contributed by atoms with Crippen LogP contribution in [0.4, 0.5) is 4.39 Å². The molecule has 0 fully saturated rings. The van der Waals surface area contributed by atoms with E-state index in [0.29, 0.717) is 16.8 Å². The van der Waals surface area contributed by atoms with Crippen molar-refractivity contribution in [1.29, 1.82) is 0 Å². The van der Waals surface area contributed by atoms with Crippen LogP contribution >= 0.6 is 0 Å². The van der Waals surface area contributed by atoms with Crippen LogP contribution in [0, 0.1) is 5.82 Å². The number of hydrazone groups is 1. The first kappa shape index (κ1) is 12.9. The molecule has 1 aromatic heterocycles. The van der Waals surface area contributed by atoms with Gasteiger partial charge in [0.25, 0.3) is 5.91 Å². The minimum atomic E-state index is -0.373. The molecule has 2 aromatic rings. The van der Waals surface area contributed by atoms with Crippen molar-refractivity contribution in [3.63, 3.8) is 0 Å². The zero-order chi connectivity index (χ0) is 13.7. The lowest BCUT2D eigenvalue weighted by molar-refractivity contribution is 0.0954. The number of carbonyl (C=O) groups excluding carboxylic acids is 1. The van der Waals surface area contributed by atoms with Crippen LogP contribution in [-0.2, 0) is 0 Å². The smallest absolute Gasteiger partial charge is 0.267 e. The lowest BCUT2D eigenvalue weighted by Gasteiger charge is -2.03. The summed E-state index contributed by atoms with van der Waals surface area (Å²) >= 11 is 0. The molecule has 0 radical (unpaired) electrons. The standard InChI is InChI=1S/C14H12FN3O/c1-10(12-4-2-3-5-13(12)15)17-18-14(19)11-6-8-16-9-7-11/h2-9H,1H3,(H,18,19)/b17-10-. The van der Waals surface area contributed by atoms with Crippen molar-refractivity contribution in [2.45, 2.75) is 6.92 Å². The fourth-order valence-corrected chi connectivity index (χ4v) is 1.52. The third-order valence-electron chi connectivity index (χ3n) is 2.53. The first-order chi connectivity index (χ1) is 9.18. The van der Waals surface area contributed by atoms with Crippen molar-refractivity contribution in [2.24, 2.45) is 5.10 Å². The van der Waals surface area contributed by atoms with Gasteiger partial charge in [0.15, 0.2) is 0 Å². The van der Waals surface area contributed by atoms with E-state index in [1.165, 1.54) is 18.5 Å². The molecule has 0 aliphatic heterocycles. The maximum atomic E-state index is 13.5. The predicted molar refractivity (Wildman–Crippen MR) is 70.3 cm³/mol. The van der Waals surface area contributed by atoms with Crippen molar-refractivity contribution >= 4 is 11.6 Å². The van der Waals surface area contributed by atoms with Crippen LogP contribution < -0.4 is 5.43 Å². The topological polar surface area (TPSA) is 54.4 Å². The number of nitrogens with zero attached hydrogens (tertiary/aromatic N) is 2. The Bertz CT molecular complexity index is 611. The highest BCUT2D eigenvalue weighted by atomic mass is 19.1. The second kappa shape index (κ2) is 5.86. The summed E-state index contributed by atoms with van der Waals surface area (Å²) in [6.07, 6.45) is 3.03. The molecule has 0 spiro atoms. The van der Waals surface area contributed by atoms with E-state index < -0.39 is 0 Å². The molecule has 96 valence electrons. The van der Waals surface area contributed by atoms with E-state index in [2.05, 4.69) is 15.5 Å². The second-order valence-electron chi connectivity index (χ2n) is 3.85. The van der Waals surface area contributed by atoms with Gasteiger partial charge in [-0.25, -0.2) is 9.82 Å². The van der Waals surface area contributed by atoms with Gasteiger partial charge < -0.3 is 0 Å². The molecule has 0 unspecified atom stereocenters. The summed E-state index contributed by atoms with van der Waals surface area (Å²) in [7, 11) is 0. The predicted octanol–water partition coefficient (Wildman–Crippen LogP) is 2.37. The summed E-state index contributed by atoms with van der Waals surface area (Å²) in [5.74, 6) is -0.736. The van der Waals surface area contributed by atoms with Crippen LogP contribution in [-0.4, -0.2) is 16.6 Å². The number of carbonyl (C=O) groups is 1. The van der Waals surface area contributed by atoms with Gasteiger partial charge in [-0.05, 0) is 25.1 Å². The van der Waals surface area contributed by atoms with E-state index >= 15 is 0 Å².